The van der Waals surface area contributed by atoms with Crippen molar-refractivity contribution in [2.75, 3.05) is 31.6 Å². The molecule has 3 heterocycles. The minimum atomic E-state index is -0.536. The number of rotatable bonds is 6. The quantitative estimate of drug-likeness (QED) is 0.474. The Morgan fingerprint density at radius 3 is 2.79 bits per heavy atom. The van der Waals surface area contributed by atoms with E-state index in [1.54, 1.807) is 12.1 Å². The third-order valence-electron chi connectivity index (χ3n) is 6.27. The number of nitrogens with one attached hydrogen (secondary N) is 2. The Balaban J connectivity index is 1.46. The second-order valence-electron chi connectivity index (χ2n) is 8.45. The maximum atomic E-state index is 13.3. The SMILES string of the molecule is NC(=O)c1c(NC(=O)Cn2c(C[NH+]3CCOCC3)nc3ccccc3c2=O)sc2c1CCC2. The van der Waals surface area contributed by atoms with Gasteiger partial charge in [0.25, 0.3) is 11.5 Å². The average Bonchev–Trinajstić information content (AvgIpc) is 3.38. The molecule has 5 rings (SSSR count). The van der Waals surface area contributed by atoms with Crippen LogP contribution in [0.2, 0.25) is 0 Å². The van der Waals surface area contributed by atoms with Gasteiger partial charge in [-0.3, -0.25) is 19.0 Å². The number of primary amides is 1. The molecule has 4 N–H and O–H groups in total. The van der Waals surface area contributed by atoms with Crippen LogP contribution in [0, 0.1) is 0 Å². The number of carbonyl (C=O) groups is 2. The number of quaternary nitrogens is 1. The van der Waals surface area contributed by atoms with E-state index in [9.17, 15) is 14.4 Å². The van der Waals surface area contributed by atoms with Crippen LogP contribution in [-0.4, -0.2) is 47.7 Å². The molecule has 1 aliphatic carbocycles. The number of morpholine rings is 1. The topological polar surface area (TPSA) is 121 Å². The van der Waals surface area contributed by atoms with Gasteiger partial charge >= 0.3 is 0 Å². The van der Waals surface area contributed by atoms with Crippen molar-refractivity contribution in [3.05, 3.63) is 56.4 Å². The van der Waals surface area contributed by atoms with E-state index >= 15 is 0 Å². The van der Waals surface area contributed by atoms with Gasteiger partial charge in [-0.15, -0.1) is 11.3 Å². The average molecular weight is 469 g/mol. The Morgan fingerprint density at radius 2 is 2.00 bits per heavy atom. The predicted molar refractivity (Wildman–Crippen MR) is 125 cm³/mol. The minimum absolute atomic E-state index is 0.184. The highest BCUT2D eigenvalue weighted by Gasteiger charge is 2.27. The second-order valence-corrected chi connectivity index (χ2v) is 9.55. The lowest BCUT2D eigenvalue weighted by Gasteiger charge is -2.24. The van der Waals surface area contributed by atoms with Crippen LogP contribution in [-0.2, 0) is 35.5 Å². The summed E-state index contributed by atoms with van der Waals surface area (Å²) in [6.45, 7) is 3.29. The Morgan fingerprint density at radius 1 is 1.21 bits per heavy atom. The van der Waals surface area contributed by atoms with Gasteiger partial charge in [0, 0.05) is 4.88 Å². The molecule has 2 amide bonds. The van der Waals surface area contributed by atoms with Crippen LogP contribution in [0.1, 0.15) is 33.0 Å². The molecular formula is C23H26N5O4S+. The molecular weight excluding hydrogens is 442 g/mol. The van der Waals surface area contributed by atoms with Crippen molar-refractivity contribution in [2.24, 2.45) is 5.73 Å². The smallest absolute Gasteiger partial charge is 0.262 e. The zero-order chi connectivity index (χ0) is 22.9. The fourth-order valence-electron chi connectivity index (χ4n) is 4.64. The number of hydrogen-bond acceptors (Lipinski definition) is 6. The summed E-state index contributed by atoms with van der Waals surface area (Å²) in [5.74, 6) is -0.352. The number of amides is 2. The second kappa shape index (κ2) is 9.05. The summed E-state index contributed by atoms with van der Waals surface area (Å²) in [6, 6.07) is 7.17. The largest absolute Gasteiger partial charge is 0.370 e. The van der Waals surface area contributed by atoms with E-state index < -0.39 is 5.91 Å². The van der Waals surface area contributed by atoms with E-state index in [-0.39, 0.29) is 18.0 Å². The number of fused-ring (bicyclic) bond motifs is 2. The molecule has 1 fully saturated rings. The molecule has 0 saturated carbocycles. The zero-order valence-electron chi connectivity index (χ0n) is 18.2. The van der Waals surface area contributed by atoms with E-state index in [4.69, 9.17) is 15.5 Å². The van der Waals surface area contributed by atoms with Crippen molar-refractivity contribution < 1.29 is 19.2 Å². The minimum Gasteiger partial charge on any atom is -0.370 e. The van der Waals surface area contributed by atoms with E-state index in [0.29, 0.717) is 47.1 Å². The number of carbonyl (C=O) groups excluding carboxylic acids is 2. The first-order valence-corrected chi connectivity index (χ1v) is 12.0. The molecule has 33 heavy (non-hydrogen) atoms. The van der Waals surface area contributed by atoms with Crippen molar-refractivity contribution in [1.29, 1.82) is 0 Å². The summed E-state index contributed by atoms with van der Waals surface area (Å²) in [5.41, 5.74) is 7.34. The Kier molecular flexibility index (Phi) is 5.96. The lowest BCUT2D eigenvalue weighted by molar-refractivity contribution is -0.922. The van der Waals surface area contributed by atoms with Gasteiger partial charge in [0.05, 0.1) is 29.7 Å². The Bertz CT molecular complexity index is 1290. The van der Waals surface area contributed by atoms with E-state index in [2.05, 4.69) is 5.32 Å². The molecule has 2 aromatic heterocycles. The molecule has 2 aliphatic rings. The lowest BCUT2D eigenvalue weighted by atomic mass is 10.1. The molecule has 0 spiro atoms. The third-order valence-corrected chi connectivity index (χ3v) is 7.48. The van der Waals surface area contributed by atoms with Crippen LogP contribution in [0.5, 0.6) is 0 Å². The van der Waals surface area contributed by atoms with Gasteiger partial charge < -0.3 is 20.7 Å². The number of nitrogens with two attached hydrogens (primary N) is 1. The number of aromatic nitrogens is 2. The molecule has 1 aliphatic heterocycles. The number of anilines is 1. The first kappa shape index (κ1) is 21.7. The molecule has 1 aromatic carbocycles. The van der Waals surface area contributed by atoms with Crippen molar-refractivity contribution in [2.45, 2.75) is 32.4 Å². The molecule has 1 saturated heterocycles. The van der Waals surface area contributed by atoms with E-state index in [1.165, 1.54) is 20.8 Å². The number of thiophene rings is 1. The summed E-state index contributed by atoms with van der Waals surface area (Å²) in [5, 5.41) is 3.78. The monoisotopic (exact) mass is 468 g/mol. The van der Waals surface area contributed by atoms with Crippen LogP contribution >= 0.6 is 11.3 Å². The van der Waals surface area contributed by atoms with Crippen LogP contribution in [0.15, 0.2) is 29.1 Å². The Labute approximate surface area is 194 Å². The fourth-order valence-corrected chi connectivity index (χ4v) is 5.95. The first-order valence-electron chi connectivity index (χ1n) is 11.1. The molecule has 0 unspecified atom stereocenters. The molecule has 0 atom stereocenters. The molecule has 172 valence electrons. The molecule has 9 nitrogen and oxygen atoms in total. The zero-order valence-corrected chi connectivity index (χ0v) is 19.0. The summed E-state index contributed by atoms with van der Waals surface area (Å²) >= 11 is 1.40. The summed E-state index contributed by atoms with van der Waals surface area (Å²) in [4.78, 5) is 45.5. The predicted octanol–water partition coefficient (Wildman–Crippen LogP) is 0.0994. The lowest BCUT2D eigenvalue weighted by Crippen LogP contribution is -3.13. The van der Waals surface area contributed by atoms with Gasteiger partial charge in [-0.25, -0.2) is 4.98 Å². The maximum Gasteiger partial charge on any atom is 0.262 e. The standard InChI is InChI=1S/C23H25N5O4S/c24-21(30)20-15-5-3-7-17(15)33-22(20)26-19(29)13-28-18(12-27-8-10-32-11-9-27)25-16-6-2-1-4-14(16)23(28)31/h1-2,4,6H,3,5,7-13H2,(H2,24,30)(H,26,29)/p+1. The summed E-state index contributed by atoms with van der Waals surface area (Å²) < 4.78 is 6.89. The van der Waals surface area contributed by atoms with Crippen LogP contribution in [0.3, 0.4) is 0 Å². The van der Waals surface area contributed by atoms with Crippen LogP contribution in [0.25, 0.3) is 10.9 Å². The number of aryl methyl sites for hydroxylation is 1. The highest BCUT2D eigenvalue weighted by Crippen LogP contribution is 2.38. The van der Waals surface area contributed by atoms with Crippen molar-refractivity contribution >= 4 is 39.1 Å². The van der Waals surface area contributed by atoms with E-state index in [0.717, 1.165) is 42.8 Å². The molecule has 0 radical (unpaired) electrons. The number of para-hydroxylation sites is 1. The first-order chi connectivity index (χ1) is 16.0. The summed E-state index contributed by atoms with van der Waals surface area (Å²) in [7, 11) is 0. The normalized spacial score (nSPS) is 16.1. The Hall–Kier alpha value is -3.08. The highest BCUT2D eigenvalue weighted by atomic mass is 32.1. The van der Waals surface area contributed by atoms with Gasteiger partial charge in [-0.1, -0.05) is 12.1 Å². The maximum absolute atomic E-state index is 13.3. The number of benzene rings is 1. The number of ether oxygens (including phenoxy) is 1. The number of hydrogen-bond donors (Lipinski definition) is 3. The fraction of sp³-hybridized carbons (Fsp3) is 0.391. The van der Waals surface area contributed by atoms with Crippen molar-refractivity contribution in [3.8, 4) is 0 Å². The van der Waals surface area contributed by atoms with Gasteiger partial charge in [-0.05, 0) is 37.0 Å². The molecule has 3 aromatic rings. The van der Waals surface area contributed by atoms with Crippen molar-refractivity contribution in [1.82, 2.24) is 9.55 Å². The van der Waals surface area contributed by atoms with Crippen LogP contribution in [0.4, 0.5) is 5.00 Å². The third kappa shape index (κ3) is 4.29. The van der Waals surface area contributed by atoms with Gasteiger partial charge in [0.1, 0.15) is 31.2 Å². The van der Waals surface area contributed by atoms with Gasteiger partial charge in [0.15, 0.2) is 5.82 Å². The molecule has 10 heteroatoms. The number of nitrogens with zero attached hydrogens (tertiary/aromatic N) is 2. The van der Waals surface area contributed by atoms with Crippen LogP contribution < -0.4 is 21.5 Å². The van der Waals surface area contributed by atoms with Crippen molar-refractivity contribution in [3.63, 3.8) is 0 Å². The van der Waals surface area contributed by atoms with Gasteiger partial charge in [-0.2, -0.15) is 0 Å². The van der Waals surface area contributed by atoms with Gasteiger partial charge in [0.2, 0.25) is 5.91 Å². The summed E-state index contributed by atoms with van der Waals surface area (Å²) in [6.07, 6.45) is 2.66. The van der Waals surface area contributed by atoms with E-state index in [1.807, 2.05) is 12.1 Å². The highest BCUT2D eigenvalue weighted by molar-refractivity contribution is 7.17. The molecule has 0 bridgehead atoms.